The highest BCUT2D eigenvalue weighted by Gasteiger charge is 2.33. The summed E-state index contributed by atoms with van der Waals surface area (Å²) in [6.07, 6.45) is 22.9. The normalized spacial score (nSPS) is 19.4. The van der Waals surface area contributed by atoms with Crippen molar-refractivity contribution >= 4 is 103 Å². The fourth-order valence-corrected chi connectivity index (χ4v) is 15.4. The number of carbonyl (C=O) groups is 1. The molecule has 7 aromatic carbocycles. The van der Waals surface area contributed by atoms with Crippen LogP contribution in [-0.4, -0.2) is 141 Å². The van der Waals surface area contributed by atoms with Crippen LogP contribution in [0.15, 0.2) is 132 Å². The molecular weight excluding hydrogens is 1760 g/mol. The van der Waals surface area contributed by atoms with Crippen LogP contribution in [0.2, 0.25) is 35.2 Å². The Kier molecular flexibility index (Phi) is 39.8. The van der Waals surface area contributed by atoms with Gasteiger partial charge in [0, 0.05) is 47.6 Å². The van der Waals surface area contributed by atoms with Crippen LogP contribution in [0.4, 0.5) is 0 Å². The monoisotopic (exact) mass is 1880 g/mol. The minimum atomic E-state index is -0.701. The molecule has 16 rings (SSSR count). The largest absolute Gasteiger partial charge is 0.489 e. The van der Waals surface area contributed by atoms with Gasteiger partial charge in [0.25, 0.3) is 0 Å². The van der Waals surface area contributed by atoms with Crippen LogP contribution in [0.25, 0.3) is 0 Å². The first-order valence-corrected chi connectivity index (χ1v) is 47.6. The molecule has 0 bridgehead atoms. The number of nitrogens with zero attached hydrogens (tertiary/aromatic N) is 2. The Labute approximate surface area is 766 Å². The molecule has 2 aliphatic heterocycles. The number of carbonyl (C=O) groups excluding carboxylic acids is 1. The molecule has 0 spiro atoms. The number of hydrogen-bond donors (Lipinski definition) is 7. The van der Waals surface area contributed by atoms with Gasteiger partial charge in [-0.3, -0.25) is 4.79 Å². The van der Waals surface area contributed by atoms with Crippen molar-refractivity contribution in [3.05, 3.63) is 200 Å². The van der Waals surface area contributed by atoms with Gasteiger partial charge in [0.15, 0.2) is 5.78 Å². The van der Waals surface area contributed by atoms with E-state index in [0.29, 0.717) is 106 Å². The Hall–Kier alpha value is -5.04. The molecule has 7 saturated carbocycles. The number of halogens is 8. The van der Waals surface area contributed by atoms with Crippen LogP contribution >= 0.6 is 97.1 Å². The second-order valence-electron chi connectivity index (χ2n) is 34.4. The van der Waals surface area contributed by atoms with E-state index in [1.807, 2.05) is 113 Å². The smallest absolute Gasteiger partial charge is 0.165 e. The predicted octanol–water partition coefficient (Wildman–Crippen LogP) is 24.2. The number of aliphatic hydroxyl groups is 6. The van der Waals surface area contributed by atoms with Crippen molar-refractivity contribution < 1.29 is 68.6 Å². The highest BCUT2D eigenvalue weighted by atomic mass is 79.9. The summed E-state index contributed by atoms with van der Waals surface area (Å²) in [6, 6.07) is 38.3. The molecule has 2 saturated heterocycles. The highest BCUT2D eigenvalue weighted by Crippen LogP contribution is 2.43. The van der Waals surface area contributed by atoms with Crippen LogP contribution in [0.5, 0.6) is 40.2 Å². The Bertz CT molecular complexity index is 4130. The fraction of sp³-hybridized carbons (Fsp3) is 0.557. The minimum absolute atomic E-state index is 0.0428. The van der Waals surface area contributed by atoms with Crippen molar-refractivity contribution in [3.8, 4) is 40.2 Å². The van der Waals surface area contributed by atoms with E-state index in [1.54, 1.807) is 49.4 Å². The summed E-state index contributed by atoms with van der Waals surface area (Å²) in [6.45, 7) is 22.1. The van der Waals surface area contributed by atoms with Crippen LogP contribution in [0.1, 0.15) is 259 Å². The van der Waals surface area contributed by atoms with Crippen molar-refractivity contribution in [2.75, 3.05) is 45.9 Å². The lowest BCUT2D eigenvalue weighted by Gasteiger charge is -2.25. The maximum Gasteiger partial charge on any atom is 0.165 e. The van der Waals surface area contributed by atoms with Crippen LogP contribution in [0.3, 0.4) is 0 Å². The molecule has 11 atom stereocenters. The zero-order valence-electron chi connectivity index (χ0n) is 71.8. The number of nitrogens with two attached hydrogens (primary N) is 1. The van der Waals surface area contributed by atoms with Gasteiger partial charge in [-0.25, -0.2) is 0 Å². The summed E-state index contributed by atoms with van der Waals surface area (Å²) in [4.78, 5) is 16.7. The van der Waals surface area contributed by atoms with Crippen molar-refractivity contribution in [1.82, 2.24) is 9.80 Å². The topological polar surface area (TPSA) is 236 Å². The molecule has 9 fully saturated rings. The predicted molar refractivity (Wildman–Crippen MR) is 496 cm³/mol. The Balaban J connectivity index is 0.000000150. The van der Waals surface area contributed by atoms with E-state index in [0.717, 1.165) is 198 Å². The lowest BCUT2D eigenvalue weighted by Crippen LogP contribution is -2.40. The highest BCUT2D eigenvalue weighted by molar-refractivity contribution is 9.10. The SMILES string of the molecule is CC[C@@H](C)C(=O)c1ccc(OC2CC2)c(Cl)c1.CC[C@@H](C)C(O)c1ccc(OC2CC2)c(Cl)c1.CC[C@@H](C)C(O)c1ccc(OC2CC2)c(Cl)c1.C[C@H](CN1CCCC1)C(O)c1ccc(OC2CC2)c(Cl)c1.C[C@H](CO)C(O)c1ccc(OC2CC2)c(Cl)c1.Clc1cc(Br)ccc1OC1CC1.N[C@H](CN1CCCC1)C(O)c1ccc(OC2CC2)c(Cl)c1. The summed E-state index contributed by atoms with van der Waals surface area (Å²) >= 11 is 46.3. The van der Waals surface area contributed by atoms with E-state index in [9.17, 15) is 30.3 Å². The summed E-state index contributed by atoms with van der Waals surface area (Å²) < 4.78 is 40.6. The van der Waals surface area contributed by atoms with Crippen LogP contribution < -0.4 is 38.9 Å². The van der Waals surface area contributed by atoms with E-state index >= 15 is 0 Å². The van der Waals surface area contributed by atoms with E-state index < -0.39 is 30.5 Å². The van der Waals surface area contributed by atoms with Crippen molar-refractivity contribution in [2.45, 2.75) is 270 Å². The van der Waals surface area contributed by atoms with Gasteiger partial charge in [0.05, 0.1) is 108 Å². The maximum atomic E-state index is 12.0. The van der Waals surface area contributed by atoms with E-state index in [-0.39, 0.29) is 48.0 Å². The molecule has 122 heavy (non-hydrogen) atoms. The second kappa shape index (κ2) is 48.9. The number of benzene rings is 7. The standard InChI is InChI=1S/C17H24ClNO2.C16H23ClN2O2.2C14H19ClO2.C14H17ClO2.C13H17ClO3.C9H8BrClO/c1-12(11-19-8-2-3-9-19)17(20)13-4-7-16(15(18)10-13)21-14-5-6-14;17-13-9-11(3-6-15(13)21-12-4-5-12)16(20)14(18)10-19-7-1-2-8-19;3*1-3-9(2)14(16)10-4-7-13(12(15)8-10)17-11-5-6-11;1-8(7-15)13(16)9-2-5-12(11(14)6-9)17-10-3-4-10;10-6-1-4-9(8(11)5-6)12-7-2-3-7/h4,7,10,12,14,17,20H,2-3,5-6,8-9,11H2,1H3;3,6,9,12,14,16,20H,1-2,4-5,7-8,10,18H2;2*4,7-9,11,14,16H,3,5-6H2,1-2H3;4,7-9,11H,3,5-6H2,1-2H3;2,5-6,8,10,13,15-16H,3-4,7H2,1H3;1,4-5,7H,2-3H2/t12-,17?;14-,16?;2*9-,14?;9-;8-,13?;/m111111./s1. The molecule has 7 aromatic rings. The quantitative estimate of drug-likeness (QED) is 0.0186. The molecule has 5 unspecified atom stereocenters. The van der Waals surface area contributed by atoms with E-state index in [2.05, 4.69) is 46.5 Å². The van der Waals surface area contributed by atoms with Gasteiger partial charge >= 0.3 is 0 Å². The van der Waals surface area contributed by atoms with E-state index in [1.165, 1.54) is 25.7 Å². The lowest BCUT2D eigenvalue weighted by molar-refractivity contribution is 0.0770. The summed E-state index contributed by atoms with van der Waals surface area (Å²) in [5.41, 5.74) is 10.9. The summed E-state index contributed by atoms with van der Waals surface area (Å²) in [5.74, 6) is 5.71. The molecule has 0 radical (unpaired) electrons. The minimum Gasteiger partial charge on any atom is -0.489 e. The first-order valence-electron chi connectivity index (χ1n) is 44.1. The van der Waals surface area contributed by atoms with Gasteiger partial charge in [-0.15, -0.1) is 0 Å². The molecule has 0 amide bonds. The number of rotatable bonds is 34. The zero-order chi connectivity index (χ0) is 87.8. The van der Waals surface area contributed by atoms with E-state index in [4.69, 9.17) is 125 Å². The number of ether oxygens (including phenoxy) is 7. The van der Waals surface area contributed by atoms with Gasteiger partial charge in [-0.05, 0) is 291 Å². The van der Waals surface area contributed by atoms with Gasteiger partial charge in [0.2, 0.25) is 0 Å². The third kappa shape index (κ3) is 32.9. The average molecular weight is 1890 g/mol. The second-order valence-corrected chi connectivity index (χ2v) is 38.1. The zero-order valence-corrected chi connectivity index (χ0v) is 78.6. The number of Topliss-reactive ketones (excluding diaryl/α,β-unsaturated/α-hetero) is 1. The molecule has 25 heteroatoms. The third-order valence-corrected chi connectivity index (χ3v) is 25.5. The van der Waals surface area contributed by atoms with Gasteiger partial charge < -0.3 is 79.3 Å². The van der Waals surface area contributed by atoms with Crippen LogP contribution in [-0.2, 0) is 0 Å². The number of likely N-dealkylation sites (tertiary alicyclic amines) is 2. The Morgan fingerprint density at radius 1 is 0.361 bits per heavy atom. The lowest BCUT2D eigenvalue weighted by atomic mass is 9.95. The van der Waals surface area contributed by atoms with Crippen molar-refractivity contribution in [3.63, 3.8) is 0 Å². The molecule has 17 nitrogen and oxygen atoms in total. The molecule has 9 aliphatic rings. The first kappa shape index (κ1) is 99.1. The average Bonchev–Trinajstić information content (AvgIpc) is 1.78. The van der Waals surface area contributed by atoms with Crippen LogP contribution in [0, 0.1) is 29.6 Å². The first-order chi connectivity index (χ1) is 58.5. The number of aliphatic hydroxyl groups excluding tert-OH is 6. The fourth-order valence-electron chi connectivity index (χ4n) is 13.3. The molecule has 670 valence electrons. The molecular formula is C97H127BrCl7N3O14. The molecule has 2 heterocycles. The van der Waals surface area contributed by atoms with Crippen molar-refractivity contribution in [1.29, 1.82) is 0 Å². The number of ketones is 1. The van der Waals surface area contributed by atoms with Gasteiger partial charge in [0.1, 0.15) is 40.2 Å². The third-order valence-electron chi connectivity index (χ3n) is 22.9. The van der Waals surface area contributed by atoms with Gasteiger partial charge in [-0.2, -0.15) is 0 Å². The Morgan fingerprint density at radius 3 is 0.877 bits per heavy atom. The Morgan fingerprint density at radius 2 is 0.615 bits per heavy atom. The molecule has 8 N–H and O–H groups in total. The maximum absolute atomic E-state index is 12.0. The summed E-state index contributed by atoms with van der Waals surface area (Å²) in [5, 5.41) is 64.1. The molecule has 7 aliphatic carbocycles. The van der Waals surface area contributed by atoms with Crippen molar-refractivity contribution in [2.24, 2.45) is 35.3 Å². The summed E-state index contributed by atoms with van der Waals surface area (Å²) in [7, 11) is 0. The molecule has 0 aromatic heterocycles. The van der Waals surface area contributed by atoms with Gasteiger partial charge in [-0.1, -0.05) is 196 Å². The number of hydrogen-bond acceptors (Lipinski definition) is 17.